The number of nitrogen functional groups attached to an aromatic ring is 1. The van der Waals surface area contributed by atoms with Gasteiger partial charge in [0.1, 0.15) is 5.82 Å². The molecule has 0 unspecified atom stereocenters. The van der Waals surface area contributed by atoms with Crippen LogP contribution in [0.5, 0.6) is 0 Å². The van der Waals surface area contributed by atoms with Crippen molar-refractivity contribution in [2.75, 3.05) is 24.3 Å². The van der Waals surface area contributed by atoms with Crippen LogP contribution in [0, 0.1) is 0 Å². The van der Waals surface area contributed by atoms with E-state index in [0.717, 1.165) is 49.7 Å². The Morgan fingerprint density at radius 3 is 2.65 bits per heavy atom. The van der Waals surface area contributed by atoms with Crippen molar-refractivity contribution in [2.24, 2.45) is 7.05 Å². The number of rotatable bonds is 3. The van der Waals surface area contributed by atoms with Gasteiger partial charge in [0.2, 0.25) is 0 Å². The summed E-state index contributed by atoms with van der Waals surface area (Å²) in [6.07, 6.45) is 2.86. The highest BCUT2D eigenvalue weighted by molar-refractivity contribution is 5.65. The highest BCUT2D eigenvalue weighted by Gasteiger charge is 2.29. The van der Waals surface area contributed by atoms with Crippen LogP contribution in [0.4, 0.5) is 11.5 Å². The van der Waals surface area contributed by atoms with Crippen LogP contribution >= 0.6 is 0 Å². The van der Waals surface area contributed by atoms with Crippen molar-refractivity contribution in [2.45, 2.75) is 38.6 Å². The van der Waals surface area contributed by atoms with Gasteiger partial charge in [-0.2, -0.15) is 5.10 Å². The van der Waals surface area contributed by atoms with Gasteiger partial charge in [-0.3, -0.25) is 4.68 Å². The van der Waals surface area contributed by atoms with Crippen LogP contribution in [-0.2, 0) is 18.2 Å². The standard InChI is InChI=1S/C12H22N4O/c1-4-9-10(13)11(16(3)15-9)14-12(2)5-7-17-8-6-12/h14H,4-8,13H2,1-3H3. The van der Waals surface area contributed by atoms with Crippen molar-refractivity contribution in [3.8, 4) is 0 Å². The van der Waals surface area contributed by atoms with Gasteiger partial charge in [0, 0.05) is 25.8 Å². The summed E-state index contributed by atoms with van der Waals surface area (Å²) in [7, 11) is 1.93. The molecule has 3 N–H and O–H groups in total. The number of nitrogens with one attached hydrogen (secondary N) is 1. The Bertz CT molecular complexity index is 393. The largest absolute Gasteiger partial charge is 0.394 e. The lowest BCUT2D eigenvalue weighted by Crippen LogP contribution is -2.41. The summed E-state index contributed by atoms with van der Waals surface area (Å²) in [5.74, 6) is 0.936. The maximum absolute atomic E-state index is 6.11. The zero-order chi connectivity index (χ0) is 12.5. The monoisotopic (exact) mass is 238 g/mol. The molecule has 96 valence electrons. The average molecular weight is 238 g/mol. The van der Waals surface area contributed by atoms with E-state index >= 15 is 0 Å². The maximum Gasteiger partial charge on any atom is 0.148 e. The van der Waals surface area contributed by atoms with Crippen LogP contribution in [0.3, 0.4) is 0 Å². The normalized spacial score (nSPS) is 19.2. The lowest BCUT2D eigenvalue weighted by Gasteiger charge is -2.35. The van der Waals surface area contributed by atoms with Gasteiger partial charge in [-0.05, 0) is 26.2 Å². The van der Waals surface area contributed by atoms with Gasteiger partial charge in [0.15, 0.2) is 0 Å². The molecule has 1 aliphatic heterocycles. The number of nitrogens with two attached hydrogens (primary N) is 1. The minimum atomic E-state index is 0.0607. The second-order valence-electron chi connectivity index (χ2n) is 4.98. The van der Waals surface area contributed by atoms with Crippen molar-refractivity contribution in [3.63, 3.8) is 0 Å². The molecule has 5 heteroatoms. The molecular weight excluding hydrogens is 216 g/mol. The quantitative estimate of drug-likeness (QED) is 0.838. The third-order valence-corrected chi connectivity index (χ3v) is 3.51. The fourth-order valence-corrected chi connectivity index (χ4v) is 2.24. The van der Waals surface area contributed by atoms with E-state index in [9.17, 15) is 0 Å². The summed E-state index contributed by atoms with van der Waals surface area (Å²) in [5.41, 5.74) is 7.92. The zero-order valence-electron chi connectivity index (χ0n) is 10.9. The lowest BCUT2D eigenvalue weighted by atomic mass is 9.92. The average Bonchev–Trinajstić information content (AvgIpc) is 2.57. The molecule has 1 aliphatic rings. The van der Waals surface area contributed by atoms with E-state index < -0.39 is 0 Å². The zero-order valence-corrected chi connectivity index (χ0v) is 10.9. The first kappa shape index (κ1) is 12.2. The molecule has 17 heavy (non-hydrogen) atoms. The summed E-state index contributed by atoms with van der Waals surface area (Å²) >= 11 is 0. The molecule has 0 amide bonds. The Morgan fingerprint density at radius 1 is 1.47 bits per heavy atom. The highest BCUT2D eigenvalue weighted by atomic mass is 16.5. The van der Waals surface area contributed by atoms with Gasteiger partial charge in [-0.25, -0.2) is 0 Å². The summed E-state index contributed by atoms with van der Waals surface area (Å²) < 4.78 is 7.24. The Balaban J connectivity index is 2.20. The molecule has 0 atom stereocenters. The summed E-state index contributed by atoms with van der Waals surface area (Å²) in [6, 6.07) is 0. The SMILES string of the molecule is CCc1nn(C)c(NC2(C)CCOCC2)c1N. The van der Waals surface area contributed by atoms with Gasteiger partial charge in [0.25, 0.3) is 0 Å². The van der Waals surface area contributed by atoms with Crippen molar-refractivity contribution >= 4 is 11.5 Å². The first-order chi connectivity index (χ1) is 8.06. The number of aromatic nitrogens is 2. The van der Waals surface area contributed by atoms with Crippen molar-refractivity contribution in [3.05, 3.63) is 5.69 Å². The maximum atomic E-state index is 6.11. The molecule has 0 aliphatic carbocycles. The summed E-state index contributed by atoms with van der Waals surface area (Å²) in [4.78, 5) is 0. The van der Waals surface area contributed by atoms with Crippen molar-refractivity contribution < 1.29 is 4.74 Å². The Morgan fingerprint density at radius 2 is 2.12 bits per heavy atom. The predicted molar refractivity (Wildman–Crippen MR) is 69.1 cm³/mol. The van der Waals surface area contributed by atoms with Gasteiger partial charge in [-0.15, -0.1) is 0 Å². The van der Waals surface area contributed by atoms with Crippen LogP contribution in [0.1, 0.15) is 32.4 Å². The molecule has 2 rings (SSSR count). The fraction of sp³-hybridized carbons (Fsp3) is 0.750. The van der Waals surface area contributed by atoms with Crippen LogP contribution in [0.2, 0.25) is 0 Å². The summed E-state index contributed by atoms with van der Waals surface area (Å²) in [6.45, 7) is 5.90. The number of ether oxygens (including phenoxy) is 1. The van der Waals surface area contributed by atoms with Gasteiger partial charge < -0.3 is 15.8 Å². The molecule has 0 bridgehead atoms. The Hall–Kier alpha value is -1.23. The number of aryl methyl sites for hydroxylation is 2. The molecule has 1 aromatic heterocycles. The predicted octanol–water partition coefficient (Wildman–Crippen LogP) is 1.55. The second kappa shape index (κ2) is 4.56. The minimum Gasteiger partial charge on any atom is -0.394 e. The van der Waals surface area contributed by atoms with Gasteiger partial charge in [0.05, 0.1) is 11.4 Å². The Kier molecular flexibility index (Phi) is 3.28. The molecule has 0 saturated carbocycles. The molecule has 1 aromatic rings. The van der Waals surface area contributed by atoms with E-state index in [1.807, 2.05) is 11.7 Å². The van der Waals surface area contributed by atoms with Gasteiger partial charge in [-0.1, -0.05) is 6.92 Å². The number of anilines is 2. The number of hydrogen-bond donors (Lipinski definition) is 2. The van der Waals surface area contributed by atoms with E-state index in [1.54, 1.807) is 0 Å². The van der Waals surface area contributed by atoms with E-state index in [4.69, 9.17) is 10.5 Å². The molecule has 2 heterocycles. The Labute approximate surface area is 102 Å². The van der Waals surface area contributed by atoms with Crippen LogP contribution < -0.4 is 11.1 Å². The van der Waals surface area contributed by atoms with Crippen LogP contribution in [-0.4, -0.2) is 28.5 Å². The van der Waals surface area contributed by atoms with Gasteiger partial charge >= 0.3 is 0 Å². The van der Waals surface area contributed by atoms with Crippen LogP contribution in [0.25, 0.3) is 0 Å². The van der Waals surface area contributed by atoms with Crippen molar-refractivity contribution in [1.29, 1.82) is 0 Å². The fourth-order valence-electron chi connectivity index (χ4n) is 2.24. The first-order valence-electron chi connectivity index (χ1n) is 6.23. The molecule has 0 radical (unpaired) electrons. The molecule has 1 fully saturated rings. The van der Waals surface area contributed by atoms with Crippen molar-refractivity contribution in [1.82, 2.24) is 9.78 Å². The molecule has 0 aromatic carbocycles. The molecular formula is C12H22N4O. The van der Waals surface area contributed by atoms with E-state index in [2.05, 4.69) is 24.3 Å². The first-order valence-corrected chi connectivity index (χ1v) is 6.23. The highest BCUT2D eigenvalue weighted by Crippen LogP contribution is 2.30. The minimum absolute atomic E-state index is 0.0607. The molecule has 1 saturated heterocycles. The molecule has 5 nitrogen and oxygen atoms in total. The topological polar surface area (TPSA) is 65.1 Å². The third kappa shape index (κ3) is 2.39. The number of nitrogens with zero attached hydrogens (tertiary/aromatic N) is 2. The smallest absolute Gasteiger partial charge is 0.148 e. The van der Waals surface area contributed by atoms with E-state index in [1.165, 1.54) is 0 Å². The summed E-state index contributed by atoms with van der Waals surface area (Å²) in [5, 5.41) is 7.97. The third-order valence-electron chi connectivity index (χ3n) is 3.51. The van der Waals surface area contributed by atoms with E-state index in [-0.39, 0.29) is 5.54 Å². The van der Waals surface area contributed by atoms with E-state index in [0.29, 0.717) is 0 Å². The van der Waals surface area contributed by atoms with Crippen LogP contribution in [0.15, 0.2) is 0 Å². The lowest BCUT2D eigenvalue weighted by molar-refractivity contribution is 0.0656. The number of hydrogen-bond acceptors (Lipinski definition) is 4. The molecule has 0 spiro atoms. The second-order valence-corrected chi connectivity index (χ2v) is 4.98.